The number of aromatic amines is 1. The molecular weight excluding hydrogens is 270 g/mol. The van der Waals surface area contributed by atoms with E-state index in [9.17, 15) is 4.79 Å². The normalized spacial score (nSPS) is 10.5. The van der Waals surface area contributed by atoms with Gasteiger partial charge >= 0.3 is 0 Å². The highest BCUT2D eigenvalue weighted by molar-refractivity contribution is 5.93. The lowest BCUT2D eigenvalue weighted by Crippen LogP contribution is -2.08. The van der Waals surface area contributed by atoms with Crippen molar-refractivity contribution in [3.63, 3.8) is 0 Å². The van der Waals surface area contributed by atoms with E-state index in [0.29, 0.717) is 28.0 Å². The molecule has 6 nitrogen and oxygen atoms in total. The number of aromatic nitrogens is 2. The third-order valence-electron chi connectivity index (χ3n) is 3.28. The Bertz CT molecular complexity index is 954. The molecule has 0 saturated heterocycles. The zero-order chi connectivity index (χ0) is 15.0. The highest BCUT2D eigenvalue weighted by Crippen LogP contribution is 2.32. The van der Waals surface area contributed by atoms with Crippen molar-refractivity contribution in [2.75, 3.05) is 14.2 Å². The highest BCUT2D eigenvalue weighted by Gasteiger charge is 2.11. The minimum absolute atomic E-state index is 0.0594. The van der Waals surface area contributed by atoms with Gasteiger partial charge in [-0.25, -0.2) is 4.98 Å². The van der Waals surface area contributed by atoms with Gasteiger partial charge in [0.15, 0.2) is 11.5 Å². The van der Waals surface area contributed by atoms with Gasteiger partial charge in [0.25, 0.3) is 0 Å². The molecule has 0 aliphatic heterocycles. The molecule has 6 heteroatoms. The van der Waals surface area contributed by atoms with Crippen molar-refractivity contribution in [2.45, 2.75) is 0 Å². The zero-order valence-corrected chi connectivity index (χ0v) is 11.4. The summed E-state index contributed by atoms with van der Waals surface area (Å²) in [4.78, 5) is 19.4. The molecule has 0 unspecified atom stereocenters. The first-order valence-corrected chi connectivity index (χ1v) is 6.16. The number of fused-ring (bicyclic) bond motifs is 2. The topological polar surface area (TPSA) is 88.0 Å². The van der Waals surface area contributed by atoms with Gasteiger partial charge in [0.05, 0.1) is 25.1 Å². The molecule has 3 aromatic rings. The van der Waals surface area contributed by atoms with E-state index in [-0.39, 0.29) is 11.0 Å². The lowest BCUT2D eigenvalue weighted by Gasteiger charge is -2.09. The molecule has 0 amide bonds. The quantitative estimate of drug-likeness (QED) is 0.725. The van der Waals surface area contributed by atoms with Gasteiger partial charge in [-0.05, 0) is 12.1 Å². The number of nitrogens with zero attached hydrogens (tertiary/aromatic N) is 2. The van der Waals surface area contributed by atoms with Crippen LogP contribution >= 0.6 is 0 Å². The third kappa shape index (κ3) is 1.96. The van der Waals surface area contributed by atoms with E-state index < -0.39 is 0 Å². The van der Waals surface area contributed by atoms with Crippen molar-refractivity contribution in [2.24, 2.45) is 0 Å². The van der Waals surface area contributed by atoms with Crippen LogP contribution in [-0.4, -0.2) is 24.2 Å². The zero-order valence-electron chi connectivity index (χ0n) is 11.4. The number of rotatable bonds is 2. The number of nitrogens with one attached hydrogen (secondary N) is 1. The monoisotopic (exact) mass is 281 g/mol. The number of benzene rings is 1. The Hall–Kier alpha value is -3.07. The molecule has 1 N–H and O–H groups in total. The van der Waals surface area contributed by atoms with Gasteiger partial charge in [0, 0.05) is 17.6 Å². The van der Waals surface area contributed by atoms with Crippen molar-refractivity contribution in [3.05, 3.63) is 40.2 Å². The molecule has 2 heterocycles. The number of pyridine rings is 2. The van der Waals surface area contributed by atoms with Gasteiger partial charge < -0.3 is 14.5 Å². The summed E-state index contributed by atoms with van der Waals surface area (Å²) in [6.45, 7) is 0. The molecule has 0 radical (unpaired) electrons. The van der Waals surface area contributed by atoms with Crippen LogP contribution in [-0.2, 0) is 0 Å². The maximum atomic E-state index is 12.1. The van der Waals surface area contributed by atoms with Crippen molar-refractivity contribution in [1.29, 1.82) is 5.26 Å². The number of nitriles is 1. The lowest BCUT2D eigenvalue weighted by atomic mass is 10.1. The number of H-pyrrole nitrogens is 1. The molecule has 1 aromatic carbocycles. The van der Waals surface area contributed by atoms with Gasteiger partial charge in [0.1, 0.15) is 17.3 Å². The van der Waals surface area contributed by atoms with Crippen LogP contribution in [0.1, 0.15) is 5.56 Å². The molecule has 0 aliphatic rings. The third-order valence-corrected chi connectivity index (χ3v) is 3.28. The molecule has 0 saturated carbocycles. The van der Waals surface area contributed by atoms with Crippen molar-refractivity contribution >= 4 is 21.9 Å². The van der Waals surface area contributed by atoms with Crippen LogP contribution in [0.2, 0.25) is 0 Å². The molecule has 0 fully saturated rings. The van der Waals surface area contributed by atoms with Gasteiger partial charge in [-0.3, -0.25) is 4.79 Å². The summed E-state index contributed by atoms with van der Waals surface area (Å²) >= 11 is 0. The van der Waals surface area contributed by atoms with Gasteiger partial charge in [0.2, 0.25) is 5.43 Å². The molecule has 21 heavy (non-hydrogen) atoms. The summed E-state index contributed by atoms with van der Waals surface area (Å²) in [5.74, 6) is 1.12. The van der Waals surface area contributed by atoms with E-state index in [1.807, 2.05) is 6.07 Å². The molecule has 0 aliphatic carbocycles. The summed E-state index contributed by atoms with van der Waals surface area (Å²) < 4.78 is 10.5. The average Bonchev–Trinajstić information content (AvgIpc) is 2.52. The van der Waals surface area contributed by atoms with Crippen LogP contribution in [0.15, 0.2) is 29.2 Å². The van der Waals surface area contributed by atoms with Crippen LogP contribution in [0.4, 0.5) is 0 Å². The van der Waals surface area contributed by atoms with Gasteiger partial charge in [-0.2, -0.15) is 5.26 Å². The fourth-order valence-electron chi connectivity index (χ4n) is 2.22. The van der Waals surface area contributed by atoms with Crippen molar-refractivity contribution in [3.8, 4) is 17.6 Å². The van der Waals surface area contributed by atoms with E-state index in [0.717, 1.165) is 5.39 Å². The summed E-state index contributed by atoms with van der Waals surface area (Å²) in [6.07, 6.45) is 1.37. The SMILES string of the molecule is COc1cc2cc3c(=O)c(C#N)c[nH]c3nc2cc1OC. The van der Waals surface area contributed by atoms with Crippen molar-refractivity contribution in [1.82, 2.24) is 9.97 Å². The number of ether oxygens (including phenoxy) is 2. The van der Waals surface area contributed by atoms with Crippen LogP contribution in [0, 0.1) is 11.3 Å². The first-order chi connectivity index (χ1) is 10.2. The van der Waals surface area contributed by atoms with Gasteiger partial charge in [-0.15, -0.1) is 0 Å². The maximum absolute atomic E-state index is 12.1. The van der Waals surface area contributed by atoms with E-state index in [1.165, 1.54) is 6.20 Å². The number of methoxy groups -OCH3 is 2. The minimum Gasteiger partial charge on any atom is -0.493 e. The molecule has 2 aromatic heterocycles. The Morgan fingerprint density at radius 2 is 1.90 bits per heavy atom. The Morgan fingerprint density at radius 3 is 2.57 bits per heavy atom. The van der Waals surface area contributed by atoms with Crippen molar-refractivity contribution < 1.29 is 9.47 Å². The second kappa shape index (κ2) is 4.80. The molecular formula is C15H11N3O3. The molecule has 104 valence electrons. The Labute approximate surface area is 119 Å². The van der Waals surface area contributed by atoms with Crippen LogP contribution < -0.4 is 14.9 Å². The van der Waals surface area contributed by atoms with E-state index >= 15 is 0 Å². The lowest BCUT2D eigenvalue weighted by molar-refractivity contribution is 0.356. The Kier molecular flexibility index (Phi) is 2.95. The molecule has 0 bridgehead atoms. The fourth-order valence-corrected chi connectivity index (χ4v) is 2.22. The smallest absolute Gasteiger partial charge is 0.208 e. The van der Waals surface area contributed by atoms with E-state index in [4.69, 9.17) is 14.7 Å². The first-order valence-electron chi connectivity index (χ1n) is 6.16. The van der Waals surface area contributed by atoms with Crippen LogP contribution in [0.25, 0.3) is 21.9 Å². The second-order valence-corrected chi connectivity index (χ2v) is 4.43. The fraction of sp³-hybridized carbons (Fsp3) is 0.133. The first kappa shape index (κ1) is 12.9. The predicted octanol–water partition coefficient (Wildman–Crippen LogP) is 1.97. The average molecular weight is 281 g/mol. The standard InChI is InChI=1S/C15H11N3O3/c1-20-12-4-8-3-10-14(19)9(6-16)7-17-15(10)18-11(8)5-13(12)21-2/h3-5,7H,1-2H3,(H,17,18,19). The molecule has 3 rings (SSSR count). The molecule has 0 atom stereocenters. The largest absolute Gasteiger partial charge is 0.493 e. The number of hydrogen-bond acceptors (Lipinski definition) is 5. The van der Waals surface area contributed by atoms with Crippen LogP contribution in [0.5, 0.6) is 11.5 Å². The summed E-state index contributed by atoms with van der Waals surface area (Å²) in [6, 6.07) is 7.04. The Balaban J connectivity index is 2.41. The predicted molar refractivity (Wildman–Crippen MR) is 77.7 cm³/mol. The maximum Gasteiger partial charge on any atom is 0.208 e. The highest BCUT2D eigenvalue weighted by atomic mass is 16.5. The van der Waals surface area contributed by atoms with E-state index in [2.05, 4.69) is 9.97 Å². The van der Waals surface area contributed by atoms with Crippen LogP contribution in [0.3, 0.4) is 0 Å². The summed E-state index contributed by atoms with van der Waals surface area (Å²) in [5, 5.41) is 10.0. The Morgan fingerprint density at radius 1 is 1.19 bits per heavy atom. The van der Waals surface area contributed by atoms with Gasteiger partial charge in [-0.1, -0.05) is 0 Å². The summed E-state index contributed by atoms with van der Waals surface area (Å²) in [5.41, 5.74) is 0.818. The van der Waals surface area contributed by atoms with E-state index in [1.54, 1.807) is 32.4 Å². The minimum atomic E-state index is -0.338. The molecule has 0 spiro atoms. The second-order valence-electron chi connectivity index (χ2n) is 4.43. The number of hydrogen-bond donors (Lipinski definition) is 1. The summed E-state index contributed by atoms with van der Waals surface area (Å²) in [7, 11) is 3.09.